The van der Waals surface area contributed by atoms with Crippen molar-refractivity contribution < 1.29 is 23.8 Å². The first-order valence-electron chi connectivity index (χ1n) is 9.47. The van der Waals surface area contributed by atoms with Gasteiger partial charge in [-0.15, -0.1) is 0 Å². The lowest BCUT2D eigenvalue weighted by atomic mass is 9.82. The Labute approximate surface area is 168 Å². The Hall–Kier alpha value is -3.54. The third-order valence-electron chi connectivity index (χ3n) is 4.96. The fourth-order valence-electron chi connectivity index (χ4n) is 3.75. The topological polar surface area (TPSA) is 73.9 Å². The molecule has 148 valence electrons. The second-order valence-corrected chi connectivity index (χ2v) is 6.75. The number of rotatable bonds is 4. The number of dihydropyridines is 1. The van der Waals surface area contributed by atoms with Gasteiger partial charge in [0.15, 0.2) is 0 Å². The van der Waals surface area contributed by atoms with Crippen LogP contribution < -0.4 is 5.32 Å². The van der Waals surface area contributed by atoms with Gasteiger partial charge in [-0.05, 0) is 30.5 Å². The molecule has 0 saturated heterocycles. The summed E-state index contributed by atoms with van der Waals surface area (Å²) >= 11 is 0. The van der Waals surface area contributed by atoms with Crippen LogP contribution in [0.4, 0.5) is 4.79 Å². The molecule has 0 bridgehead atoms. The Morgan fingerprint density at radius 2 is 1.86 bits per heavy atom. The van der Waals surface area contributed by atoms with Gasteiger partial charge >= 0.3 is 12.1 Å². The molecule has 2 heterocycles. The standard InChI is InChI=1S/C23H21NO5/c1-3-27-23(26)29-21-14(2)24-18-13-28-22(25)20(18)19(21)17-12-8-7-11-16(17)15-9-5-4-6-10-15/h4-12,19,24H,3,13H2,1-2H3. The number of allylic oxidation sites excluding steroid dienone is 2. The van der Waals surface area contributed by atoms with E-state index in [1.54, 1.807) is 13.8 Å². The summed E-state index contributed by atoms with van der Waals surface area (Å²) in [6, 6.07) is 17.7. The summed E-state index contributed by atoms with van der Waals surface area (Å²) in [5.41, 5.74) is 4.59. The molecule has 0 aromatic heterocycles. The number of esters is 1. The molecule has 0 amide bonds. The highest BCUT2D eigenvalue weighted by Gasteiger charge is 2.41. The summed E-state index contributed by atoms with van der Waals surface area (Å²) in [5.74, 6) is -0.663. The minimum Gasteiger partial charge on any atom is -0.456 e. The lowest BCUT2D eigenvalue weighted by Gasteiger charge is -2.29. The summed E-state index contributed by atoms with van der Waals surface area (Å²) in [4.78, 5) is 24.7. The van der Waals surface area contributed by atoms with Crippen molar-refractivity contribution in [1.29, 1.82) is 0 Å². The quantitative estimate of drug-likeness (QED) is 0.786. The molecule has 2 aliphatic rings. The van der Waals surface area contributed by atoms with E-state index in [1.807, 2.05) is 54.6 Å². The largest absolute Gasteiger partial charge is 0.513 e. The SMILES string of the molecule is CCOC(=O)OC1=C(C)NC2=C(C(=O)OC2)C1c1ccccc1-c1ccccc1. The van der Waals surface area contributed by atoms with E-state index < -0.39 is 18.0 Å². The maximum atomic E-state index is 12.6. The molecule has 6 heteroatoms. The molecule has 4 rings (SSSR count). The zero-order chi connectivity index (χ0) is 20.4. The molecule has 1 atom stereocenters. The first-order chi connectivity index (χ1) is 14.1. The first-order valence-corrected chi connectivity index (χ1v) is 9.47. The normalized spacial score (nSPS) is 18.1. The Bertz CT molecular complexity index is 1020. The van der Waals surface area contributed by atoms with Crippen LogP contribution in [0.2, 0.25) is 0 Å². The monoisotopic (exact) mass is 391 g/mol. The maximum absolute atomic E-state index is 12.6. The molecule has 6 nitrogen and oxygen atoms in total. The Kier molecular flexibility index (Phi) is 5.08. The molecular formula is C23H21NO5. The highest BCUT2D eigenvalue weighted by atomic mass is 16.7. The van der Waals surface area contributed by atoms with Crippen LogP contribution >= 0.6 is 0 Å². The van der Waals surface area contributed by atoms with Gasteiger partial charge in [-0.3, -0.25) is 0 Å². The second kappa shape index (κ2) is 7.83. The van der Waals surface area contributed by atoms with Crippen LogP contribution in [0, 0.1) is 0 Å². The van der Waals surface area contributed by atoms with Crippen LogP contribution in [0.25, 0.3) is 11.1 Å². The maximum Gasteiger partial charge on any atom is 0.513 e. The zero-order valence-corrected chi connectivity index (χ0v) is 16.2. The van der Waals surface area contributed by atoms with Crippen LogP contribution in [0.5, 0.6) is 0 Å². The summed E-state index contributed by atoms with van der Waals surface area (Å²) in [6.45, 7) is 3.88. The van der Waals surface area contributed by atoms with Crippen LogP contribution in [-0.4, -0.2) is 25.3 Å². The van der Waals surface area contributed by atoms with Crippen molar-refractivity contribution in [2.24, 2.45) is 0 Å². The van der Waals surface area contributed by atoms with E-state index in [0.717, 1.165) is 16.7 Å². The summed E-state index contributed by atoms with van der Waals surface area (Å²) in [6.07, 6.45) is -0.804. The number of carbonyl (C=O) groups is 2. The summed E-state index contributed by atoms with van der Waals surface area (Å²) < 4.78 is 15.8. The van der Waals surface area contributed by atoms with Gasteiger partial charge in [0, 0.05) is 0 Å². The van der Waals surface area contributed by atoms with Crippen molar-refractivity contribution >= 4 is 12.1 Å². The van der Waals surface area contributed by atoms with E-state index in [9.17, 15) is 9.59 Å². The molecule has 1 N–H and O–H groups in total. The lowest BCUT2D eigenvalue weighted by Crippen LogP contribution is -2.28. The number of carbonyl (C=O) groups excluding carboxylic acids is 2. The Balaban J connectivity index is 1.87. The van der Waals surface area contributed by atoms with Crippen molar-refractivity contribution in [2.45, 2.75) is 19.8 Å². The molecular weight excluding hydrogens is 370 g/mol. The van der Waals surface area contributed by atoms with Crippen LogP contribution in [0.3, 0.4) is 0 Å². The van der Waals surface area contributed by atoms with Crippen molar-refractivity contribution in [1.82, 2.24) is 5.32 Å². The van der Waals surface area contributed by atoms with Gasteiger partial charge in [-0.1, -0.05) is 54.6 Å². The smallest absolute Gasteiger partial charge is 0.456 e. The van der Waals surface area contributed by atoms with Gasteiger partial charge in [0.2, 0.25) is 0 Å². The van der Waals surface area contributed by atoms with Gasteiger partial charge in [0.05, 0.1) is 29.5 Å². The van der Waals surface area contributed by atoms with Gasteiger partial charge < -0.3 is 19.5 Å². The molecule has 0 spiro atoms. The van der Waals surface area contributed by atoms with E-state index in [1.165, 1.54) is 0 Å². The van der Waals surface area contributed by atoms with E-state index in [4.69, 9.17) is 14.2 Å². The van der Waals surface area contributed by atoms with Gasteiger partial charge in [0.1, 0.15) is 12.4 Å². The Morgan fingerprint density at radius 1 is 1.14 bits per heavy atom. The third kappa shape index (κ3) is 3.49. The second-order valence-electron chi connectivity index (χ2n) is 6.75. The number of nitrogens with one attached hydrogen (secondary N) is 1. The highest BCUT2D eigenvalue weighted by Crippen LogP contribution is 2.44. The number of benzene rings is 2. The molecule has 0 radical (unpaired) electrons. The summed E-state index contributed by atoms with van der Waals surface area (Å²) in [7, 11) is 0. The lowest BCUT2D eigenvalue weighted by molar-refractivity contribution is -0.136. The zero-order valence-electron chi connectivity index (χ0n) is 16.2. The fourth-order valence-corrected chi connectivity index (χ4v) is 3.75. The van der Waals surface area contributed by atoms with Crippen molar-refractivity contribution in [3.63, 3.8) is 0 Å². The van der Waals surface area contributed by atoms with Crippen molar-refractivity contribution in [3.05, 3.63) is 82.9 Å². The minimum atomic E-state index is -0.804. The van der Waals surface area contributed by atoms with Crippen LogP contribution in [0.15, 0.2) is 77.3 Å². The molecule has 1 unspecified atom stereocenters. The highest BCUT2D eigenvalue weighted by molar-refractivity contribution is 5.95. The third-order valence-corrected chi connectivity index (χ3v) is 4.96. The number of hydrogen-bond acceptors (Lipinski definition) is 6. The predicted molar refractivity (Wildman–Crippen MR) is 107 cm³/mol. The van der Waals surface area contributed by atoms with E-state index in [0.29, 0.717) is 22.7 Å². The molecule has 0 aliphatic carbocycles. The first kappa shape index (κ1) is 18.8. The van der Waals surface area contributed by atoms with E-state index in [2.05, 4.69) is 5.32 Å². The minimum absolute atomic E-state index is 0.169. The van der Waals surface area contributed by atoms with Crippen molar-refractivity contribution in [3.8, 4) is 11.1 Å². The molecule has 0 fully saturated rings. The summed E-state index contributed by atoms with van der Waals surface area (Å²) in [5, 5.41) is 3.15. The fraction of sp³-hybridized carbons (Fsp3) is 0.217. The van der Waals surface area contributed by atoms with Gasteiger partial charge in [-0.25, -0.2) is 9.59 Å². The van der Waals surface area contributed by atoms with Crippen molar-refractivity contribution in [2.75, 3.05) is 13.2 Å². The van der Waals surface area contributed by atoms with Gasteiger partial charge in [-0.2, -0.15) is 0 Å². The van der Waals surface area contributed by atoms with Crippen LogP contribution in [-0.2, 0) is 19.0 Å². The molecule has 0 saturated carbocycles. The number of ether oxygens (including phenoxy) is 3. The van der Waals surface area contributed by atoms with Crippen LogP contribution in [0.1, 0.15) is 25.3 Å². The molecule has 29 heavy (non-hydrogen) atoms. The molecule has 2 aromatic rings. The Morgan fingerprint density at radius 3 is 2.62 bits per heavy atom. The number of cyclic esters (lactones) is 1. The molecule has 2 aliphatic heterocycles. The average molecular weight is 391 g/mol. The average Bonchev–Trinajstić information content (AvgIpc) is 3.09. The van der Waals surface area contributed by atoms with E-state index >= 15 is 0 Å². The number of hydrogen-bond donors (Lipinski definition) is 1. The molecule has 2 aromatic carbocycles. The van der Waals surface area contributed by atoms with Gasteiger partial charge in [0.25, 0.3) is 0 Å². The van der Waals surface area contributed by atoms with E-state index in [-0.39, 0.29) is 13.2 Å². The predicted octanol–water partition coefficient (Wildman–Crippen LogP) is 4.26.